The topological polar surface area (TPSA) is 29.5 Å². The Balaban J connectivity index is 2.33. The van der Waals surface area contributed by atoms with E-state index in [0.717, 1.165) is 12.0 Å². The van der Waals surface area contributed by atoms with Gasteiger partial charge < -0.3 is 9.64 Å². The van der Waals surface area contributed by atoms with Crippen molar-refractivity contribution in [2.45, 2.75) is 12.8 Å². The molecule has 4 heteroatoms. The van der Waals surface area contributed by atoms with Crippen LogP contribution in [0.5, 0.6) is 5.75 Å². The molecule has 1 aromatic rings. The number of halogens is 1. The predicted molar refractivity (Wildman–Crippen MR) is 63.7 cm³/mol. The van der Waals surface area contributed by atoms with Gasteiger partial charge in [-0.25, -0.2) is 4.39 Å². The molecular formula is C13H14FNO2. The Morgan fingerprint density at radius 1 is 1.47 bits per heavy atom. The summed E-state index contributed by atoms with van der Waals surface area (Å²) in [6, 6.07) is 4.18. The molecule has 90 valence electrons. The van der Waals surface area contributed by atoms with E-state index >= 15 is 0 Å². The van der Waals surface area contributed by atoms with Crippen LogP contribution in [0.2, 0.25) is 0 Å². The molecule has 2 rings (SSSR count). The van der Waals surface area contributed by atoms with Crippen LogP contribution >= 0.6 is 0 Å². The summed E-state index contributed by atoms with van der Waals surface area (Å²) in [6.07, 6.45) is 1.12. The lowest BCUT2D eigenvalue weighted by atomic mass is 10.0. The fourth-order valence-corrected chi connectivity index (χ4v) is 1.92. The normalized spacial score (nSPS) is 16.2. The number of hydrogen-bond donors (Lipinski definition) is 0. The summed E-state index contributed by atoms with van der Waals surface area (Å²) in [5.41, 5.74) is 1.55. The third-order valence-corrected chi connectivity index (χ3v) is 2.82. The number of carbonyl (C=O) groups excluding carboxylic acids is 1. The van der Waals surface area contributed by atoms with Gasteiger partial charge in [-0.15, -0.1) is 0 Å². The highest BCUT2D eigenvalue weighted by Crippen LogP contribution is 2.32. The Labute approximate surface area is 99.5 Å². The van der Waals surface area contributed by atoms with Crippen molar-refractivity contribution < 1.29 is 13.9 Å². The zero-order valence-electron chi connectivity index (χ0n) is 9.70. The van der Waals surface area contributed by atoms with Gasteiger partial charge in [-0.1, -0.05) is 12.2 Å². The fourth-order valence-electron chi connectivity index (χ4n) is 1.92. The van der Waals surface area contributed by atoms with Crippen LogP contribution in [0.3, 0.4) is 0 Å². The van der Waals surface area contributed by atoms with Crippen molar-refractivity contribution in [3.8, 4) is 5.75 Å². The molecule has 1 aliphatic heterocycles. The largest absolute Gasteiger partial charge is 0.494 e. The van der Waals surface area contributed by atoms with Gasteiger partial charge in [0.2, 0.25) is 5.91 Å². The summed E-state index contributed by atoms with van der Waals surface area (Å²) in [7, 11) is 1.46. The highest BCUT2D eigenvalue weighted by molar-refractivity contribution is 5.97. The van der Waals surface area contributed by atoms with Gasteiger partial charge in [0.1, 0.15) is 11.6 Å². The van der Waals surface area contributed by atoms with E-state index in [9.17, 15) is 9.18 Å². The monoisotopic (exact) mass is 235 g/mol. The second-order valence-corrected chi connectivity index (χ2v) is 4.04. The number of nitrogens with zero attached hydrogens (tertiary/aromatic N) is 1. The molecule has 0 spiro atoms. The molecule has 0 radical (unpaired) electrons. The number of rotatable bonds is 2. The van der Waals surface area contributed by atoms with E-state index in [1.165, 1.54) is 19.2 Å². The van der Waals surface area contributed by atoms with Gasteiger partial charge in [-0.05, 0) is 18.6 Å². The minimum Gasteiger partial charge on any atom is -0.494 e. The molecule has 1 fully saturated rings. The van der Waals surface area contributed by atoms with Gasteiger partial charge in [0.05, 0.1) is 12.8 Å². The van der Waals surface area contributed by atoms with E-state index in [-0.39, 0.29) is 11.7 Å². The lowest BCUT2D eigenvalue weighted by molar-refractivity contribution is -0.118. The third-order valence-electron chi connectivity index (χ3n) is 2.82. The Bertz CT molecular complexity index is 470. The summed E-state index contributed by atoms with van der Waals surface area (Å²) in [4.78, 5) is 13.5. The Hall–Kier alpha value is -1.84. The van der Waals surface area contributed by atoms with Crippen molar-refractivity contribution >= 4 is 11.6 Å². The molecule has 0 bridgehead atoms. The number of amides is 1. The Kier molecular flexibility index (Phi) is 3.13. The summed E-state index contributed by atoms with van der Waals surface area (Å²) in [6.45, 7) is 4.38. The molecule has 1 saturated heterocycles. The average molecular weight is 235 g/mol. The predicted octanol–water partition coefficient (Wildman–Crippen LogP) is 2.52. The van der Waals surface area contributed by atoms with E-state index in [1.54, 1.807) is 11.0 Å². The van der Waals surface area contributed by atoms with Crippen molar-refractivity contribution in [2.24, 2.45) is 0 Å². The third kappa shape index (κ3) is 2.30. The number of anilines is 1. The molecular weight excluding hydrogens is 221 g/mol. The zero-order valence-corrected chi connectivity index (χ0v) is 9.70. The highest BCUT2D eigenvalue weighted by atomic mass is 19.1. The van der Waals surface area contributed by atoms with Gasteiger partial charge in [0.15, 0.2) is 0 Å². The van der Waals surface area contributed by atoms with Gasteiger partial charge >= 0.3 is 0 Å². The Morgan fingerprint density at radius 2 is 2.24 bits per heavy atom. The number of benzene rings is 1. The number of carbonyl (C=O) groups is 1. The smallest absolute Gasteiger partial charge is 0.231 e. The maximum atomic E-state index is 13.1. The van der Waals surface area contributed by atoms with E-state index in [1.807, 2.05) is 0 Å². The van der Waals surface area contributed by atoms with E-state index in [2.05, 4.69) is 6.58 Å². The first-order chi connectivity index (χ1) is 8.11. The molecule has 1 heterocycles. The molecule has 0 saturated carbocycles. The molecule has 3 nitrogen and oxygen atoms in total. The van der Waals surface area contributed by atoms with Crippen molar-refractivity contribution in [1.29, 1.82) is 0 Å². The van der Waals surface area contributed by atoms with Crippen LogP contribution < -0.4 is 9.64 Å². The first-order valence-corrected chi connectivity index (χ1v) is 5.42. The molecule has 1 amide bonds. The van der Waals surface area contributed by atoms with Gasteiger partial charge in [-0.3, -0.25) is 4.79 Å². The fraction of sp³-hybridized carbons (Fsp3) is 0.308. The second-order valence-electron chi connectivity index (χ2n) is 4.04. The van der Waals surface area contributed by atoms with Crippen LogP contribution in [0.15, 0.2) is 30.4 Å². The van der Waals surface area contributed by atoms with E-state index < -0.39 is 0 Å². The van der Waals surface area contributed by atoms with Crippen molar-refractivity contribution in [2.75, 3.05) is 18.6 Å². The quantitative estimate of drug-likeness (QED) is 0.737. The highest BCUT2D eigenvalue weighted by Gasteiger charge is 2.24. The molecule has 1 aromatic carbocycles. The molecule has 0 N–H and O–H groups in total. The van der Waals surface area contributed by atoms with Crippen LogP contribution in [0.1, 0.15) is 12.8 Å². The van der Waals surface area contributed by atoms with Crippen LogP contribution in [-0.2, 0) is 4.79 Å². The summed E-state index contributed by atoms with van der Waals surface area (Å²) in [5.74, 6) is -0.0171. The Morgan fingerprint density at radius 3 is 2.88 bits per heavy atom. The molecule has 17 heavy (non-hydrogen) atoms. The van der Waals surface area contributed by atoms with Crippen molar-refractivity contribution in [1.82, 2.24) is 0 Å². The van der Waals surface area contributed by atoms with Gasteiger partial charge in [-0.2, -0.15) is 0 Å². The van der Waals surface area contributed by atoms with E-state index in [0.29, 0.717) is 24.4 Å². The number of methoxy groups -OCH3 is 1. The lowest BCUT2D eigenvalue weighted by Crippen LogP contribution is -2.36. The minimum atomic E-state index is -0.375. The molecule has 0 atom stereocenters. The van der Waals surface area contributed by atoms with Crippen LogP contribution in [0.4, 0.5) is 10.1 Å². The molecule has 0 aromatic heterocycles. The molecule has 0 aliphatic carbocycles. The minimum absolute atomic E-state index is 0.0221. The van der Waals surface area contributed by atoms with Crippen LogP contribution in [0, 0.1) is 5.82 Å². The zero-order chi connectivity index (χ0) is 12.4. The first kappa shape index (κ1) is 11.6. The van der Waals surface area contributed by atoms with Gasteiger partial charge in [0, 0.05) is 19.0 Å². The summed E-state index contributed by atoms with van der Waals surface area (Å²) >= 11 is 0. The standard InChI is InChI=1S/C13H14FNO2/c1-9-5-6-15(13(16)7-9)11-4-3-10(14)8-12(11)17-2/h3-4,8H,1,5-7H2,2H3. The van der Waals surface area contributed by atoms with Gasteiger partial charge in [0.25, 0.3) is 0 Å². The van der Waals surface area contributed by atoms with Crippen molar-refractivity contribution in [3.63, 3.8) is 0 Å². The number of hydrogen-bond acceptors (Lipinski definition) is 2. The summed E-state index contributed by atoms with van der Waals surface area (Å²) < 4.78 is 18.2. The summed E-state index contributed by atoms with van der Waals surface area (Å²) in [5, 5.41) is 0. The lowest BCUT2D eigenvalue weighted by Gasteiger charge is -2.29. The SMILES string of the molecule is C=C1CCN(c2ccc(F)cc2OC)C(=O)C1. The van der Waals surface area contributed by atoms with Crippen LogP contribution in [-0.4, -0.2) is 19.6 Å². The van der Waals surface area contributed by atoms with E-state index in [4.69, 9.17) is 4.74 Å². The maximum absolute atomic E-state index is 13.1. The maximum Gasteiger partial charge on any atom is 0.231 e. The van der Waals surface area contributed by atoms with Crippen LogP contribution in [0.25, 0.3) is 0 Å². The second kappa shape index (κ2) is 4.57. The number of ether oxygens (including phenoxy) is 1. The molecule has 0 unspecified atom stereocenters. The molecule has 1 aliphatic rings. The average Bonchev–Trinajstić information content (AvgIpc) is 2.30. The van der Waals surface area contributed by atoms with Crippen molar-refractivity contribution in [3.05, 3.63) is 36.2 Å². The first-order valence-electron chi connectivity index (χ1n) is 5.42. The number of piperidine rings is 1.